The van der Waals surface area contributed by atoms with Gasteiger partial charge in [-0.2, -0.15) is 0 Å². The van der Waals surface area contributed by atoms with E-state index in [0.29, 0.717) is 0 Å². The second kappa shape index (κ2) is 10.7. The van der Waals surface area contributed by atoms with Crippen molar-refractivity contribution in [1.82, 2.24) is 15.6 Å². The maximum Gasteiger partial charge on any atom is 0.407 e. The van der Waals surface area contributed by atoms with Crippen LogP contribution in [0.15, 0.2) is 60.2 Å². The van der Waals surface area contributed by atoms with Gasteiger partial charge in [-0.1, -0.05) is 55.5 Å². The molecule has 0 aliphatic heterocycles. The smallest absolute Gasteiger partial charge is 0.407 e. The number of fused-ring (bicyclic) bond motifs is 3. The average Bonchev–Trinajstić information content (AvgIpc) is 3.47. The topological polar surface area (TPSA) is 118 Å². The number of nitrogens with one attached hydrogen (secondary N) is 2. The Bertz CT molecular complexity index is 1170. The van der Waals surface area contributed by atoms with Crippen LogP contribution in [0.2, 0.25) is 0 Å². The molecule has 1 aliphatic rings. The number of thiazole rings is 1. The molecule has 1 aliphatic carbocycles. The summed E-state index contributed by atoms with van der Waals surface area (Å²) in [5.41, 5.74) is 6.12. The molecule has 2 amide bonds. The minimum Gasteiger partial charge on any atom is -0.480 e. The Hall–Kier alpha value is -3.72. The second-order valence-electron chi connectivity index (χ2n) is 8.62. The molecule has 9 heteroatoms. The Labute approximate surface area is 207 Å². The number of aliphatic carboxylic acids is 1. The van der Waals surface area contributed by atoms with Gasteiger partial charge in [-0.05, 0) is 29.2 Å². The number of amides is 2. The summed E-state index contributed by atoms with van der Waals surface area (Å²) in [4.78, 5) is 41.5. The molecule has 3 aromatic rings. The number of hydrogen-bond donors (Lipinski definition) is 3. The molecule has 0 saturated heterocycles. The molecule has 0 bridgehead atoms. The zero-order valence-corrected chi connectivity index (χ0v) is 20.2. The highest BCUT2D eigenvalue weighted by Gasteiger charge is 2.30. The Kier molecular flexibility index (Phi) is 7.45. The number of alkyl carbamates (subject to hydrolysis) is 1. The summed E-state index contributed by atoms with van der Waals surface area (Å²) >= 11 is 1.33. The second-order valence-corrected chi connectivity index (χ2v) is 9.59. The number of benzene rings is 2. The Morgan fingerprint density at radius 3 is 2.23 bits per heavy atom. The summed E-state index contributed by atoms with van der Waals surface area (Å²) in [6.07, 6.45) is 1.10. The lowest BCUT2D eigenvalue weighted by atomic mass is 9.98. The van der Waals surface area contributed by atoms with E-state index in [9.17, 15) is 19.5 Å². The highest BCUT2D eigenvalue weighted by Crippen LogP contribution is 2.44. The van der Waals surface area contributed by atoms with Crippen molar-refractivity contribution >= 4 is 29.3 Å². The molecule has 0 fully saturated rings. The van der Waals surface area contributed by atoms with E-state index in [1.54, 1.807) is 25.6 Å². The normalized spacial score (nSPS) is 14.8. The van der Waals surface area contributed by atoms with E-state index in [4.69, 9.17) is 4.74 Å². The quantitative estimate of drug-likeness (QED) is 0.417. The van der Waals surface area contributed by atoms with Crippen molar-refractivity contribution in [3.8, 4) is 11.1 Å². The first-order chi connectivity index (χ1) is 16.8. The van der Waals surface area contributed by atoms with Crippen LogP contribution in [0.3, 0.4) is 0 Å². The van der Waals surface area contributed by atoms with Crippen LogP contribution in [0.1, 0.15) is 35.8 Å². The van der Waals surface area contributed by atoms with Gasteiger partial charge < -0.3 is 20.5 Å². The predicted molar refractivity (Wildman–Crippen MR) is 132 cm³/mol. The molecule has 3 N–H and O–H groups in total. The van der Waals surface area contributed by atoms with E-state index in [0.717, 1.165) is 27.1 Å². The molecule has 2 aromatic carbocycles. The molecular weight excluding hydrogens is 466 g/mol. The number of rotatable bonds is 9. The monoisotopic (exact) mass is 493 g/mol. The molecule has 0 saturated carbocycles. The molecule has 3 atom stereocenters. The molecule has 182 valence electrons. The third kappa shape index (κ3) is 5.51. The lowest BCUT2D eigenvalue weighted by molar-refractivity contribution is -0.142. The highest BCUT2D eigenvalue weighted by molar-refractivity contribution is 7.09. The number of aromatic nitrogens is 1. The fourth-order valence-corrected chi connectivity index (χ4v) is 4.87. The van der Waals surface area contributed by atoms with Crippen LogP contribution in [0.4, 0.5) is 4.79 Å². The summed E-state index contributed by atoms with van der Waals surface area (Å²) < 4.78 is 5.55. The summed E-state index contributed by atoms with van der Waals surface area (Å²) in [7, 11) is 0. The van der Waals surface area contributed by atoms with Crippen LogP contribution < -0.4 is 10.6 Å². The minimum atomic E-state index is -1.13. The van der Waals surface area contributed by atoms with Crippen LogP contribution in [0.5, 0.6) is 0 Å². The van der Waals surface area contributed by atoms with Crippen molar-refractivity contribution in [3.05, 3.63) is 76.2 Å². The number of ether oxygens (including phenoxy) is 1. The summed E-state index contributed by atoms with van der Waals surface area (Å²) in [5, 5.41) is 14.7. The number of hydrogen-bond acceptors (Lipinski definition) is 6. The third-order valence-corrected chi connectivity index (χ3v) is 7.16. The maximum atomic E-state index is 12.7. The van der Waals surface area contributed by atoms with E-state index < -0.39 is 36.0 Å². The van der Waals surface area contributed by atoms with Crippen LogP contribution in [0.25, 0.3) is 11.1 Å². The first-order valence-corrected chi connectivity index (χ1v) is 12.2. The van der Waals surface area contributed by atoms with Crippen molar-refractivity contribution in [2.45, 2.75) is 38.3 Å². The largest absolute Gasteiger partial charge is 0.480 e. The molecular formula is C26H27N3O5S. The number of carboxylic acids is 1. The Morgan fingerprint density at radius 1 is 1.03 bits per heavy atom. The maximum absolute atomic E-state index is 12.7. The molecule has 4 rings (SSSR count). The minimum absolute atomic E-state index is 0.0627. The Balaban J connectivity index is 1.32. The Morgan fingerprint density at radius 2 is 1.66 bits per heavy atom. The SMILES string of the molecule is CC(NC(=O)OCC1c2ccccc2-c2ccccc21)C(C)C(=O)NC(Cc1cncs1)C(=O)O. The van der Waals surface area contributed by atoms with Gasteiger partial charge in [0.1, 0.15) is 12.6 Å². The van der Waals surface area contributed by atoms with Crippen LogP contribution in [-0.2, 0) is 20.7 Å². The molecule has 3 unspecified atom stereocenters. The van der Waals surface area contributed by atoms with Crippen LogP contribution >= 0.6 is 11.3 Å². The number of carbonyl (C=O) groups excluding carboxylic acids is 2. The first-order valence-electron chi connectivity index (χ1n) is 11.4. The zero-order chi connectivity index (χ0) is 24.9. The van der Waals surface area contributed by atoms with Gasteiger partial charge in [0.25, 0.3) is 0 Å². The number of carboxylic acid groups (broad SMARTS) is 1. The van der Waals surface area contributed by atoms with Gasteiger partial charge in [-0.3, -0.25) is 9.78 Å². The van der Waals surface area contributed by atoms with Gasteiger partial charge in [0.05, 0.1) is 11.4 Å². The lowest BCUT2D eigenvalue weighted by Gasteiger charge is -2.23. The molecule has 8 nitrogen and oxygen atoms in total. The van der Waals surface area contributed by atoms with Gasteiger partial charge in [0, 0.05) is 29.5 Å². The van der Waals surface area contributed by atoms with E-state index >= 15 is 0 Å². The van der Waals surface area contributed by atoms with Crippen molar-refractivity contribution in [1.29, 1.82) is 0 Å². The van der Waals surface area contributed by atoms with Crippen molar-refractivity contribution in [2.75, 3.05) is 6.61 Å². The van der Waals surface area contributed by atoms with E-state index in [2.05, 4.69) is 27.8 Å². The van der Waals surface area contributed by atoms with Gasteiger partial charge in [0.2, 0.25) is 5.91 Å². The molecule has 1 heterocycles. The standard InChI is InChI=1S/C26H27N3O5S/c1-15(24(30)29-23(25(31)32)11-17-12-27-14-35-17)16(2)28-26(33)34-13-22-20-9-5-3-7-18(20)19-8-4-6-10-21(19)22/h3-10,12,14-16,22-23H,11,13H2,1-2H3,(H,28,33)(H,29,30)(H,31,32). The van der Waals surface area contributed by atoms with Gasteiger partial charge in [0.15, 0.2) is 0 Å². The molecule has 0 spiro atoms. The predicted octanol–water partition coefficient (Wildman–Crippen LogP) is 3.82. The summed E-state index contributed by atoms with van der Waals surface area (Å²) in [6, 6.07) is 14.5. The summed E-state index contributed by atoms with van der Waals surface area (Å²) in [6.45, 7) is 3.49. The fraction of sp³-hybridized carbons (Fsp3) is 0.308. The van der Waals surface area contributed by atoms with E-state index in [1.807, 2.05) is 36.4 Å². The van der Waals surface area contributed by atoms with Gasteiger partial charge >= 0.3 is 12.1 Å². The zero-order valence-electron chi connectivity index (χ0n) is 19.4. The molecule has 1 aromatic heterocycles. The lowest BCUT2D eigenvalue weighted by Crippen LogP contribution is -2.49. The van der Waals surface area contributed by atoms with Crippen molar-refractivity contribution in [2.24, 2.45) is 5.92 Å². The summed E-state index contributed by atoms with van der Waals surface area (Å²) in [5.74, 6) is -2.32. The van der Waals surface area contributed by atoms with Gasteiger partial charge in [-0.25, -0.2) is 9.59 Å². The van der Waals surface area contributed by atoms with Crippen LogP contribution in [-0.4, -0.2) is 46.8 Å². The molecule has 35 heavy (non-hydrogen) atoms. The van der Waals surface area contributed by atoms with Crippen LogP contribution in [0, 0.1) is 5.92 Å². The fourth-order valence-electron chi connectivity index (χ4n) is 4.23. The van der Waals surface area contributed by atoms with Gasteiger partial charge in [-0.15, -0.1) is 11.3 Å². The first kappa shape index (κ1) is 24.4. The highest BCUT2D eigenvalue weighted by atomic mass is 32.1. The average molecular weight is 494 g/mol. The number of nitrogens with zero attached hydrogens (tertiary/aromatic N) is 1. The third-order valence-electron chi connectivity index (χ3n) is 6.36. The van der Waals surface area contributed by atoms with Crippen molar-refractivity contribution in [3.63, 3.8) is 0 Å². The number of carbonyl (C=O) groups is 3. The van der Waals surface area contributed by atoms with E-state index in [-0.39, 0.29) is 18.9 Å². The molecule has 0 radical (unpaired) electrons. The van der Waals surface area contributed by atoms with E-state index in [1.165, 1.54) is 11.3 Å². The van der Waals surface area contributed by atoms with Crippen molar-refractivity contribution < 1.29 is 24.2 Å².